The molecule has 10 heteroatoms. The molecule has 0 atom stereocenters. The van der Waals surface area contributed by atoms with Crippen LogP contribution >= 0.6 is 11.8 Å². The Morgan fingerprint density at radius 3 is 2.64 bits per heavy atom. The van der Waals surface area contributed by atoms with Gasteiger partial charge in [-0.15, -0.1) is 0 Å². The van der Waals surface area contributed by atoms with Crippen LogP contribution in [0.2, 0.25) is 0 Å². The maximum absolute atomic E-state index is 13.2. The Hall–Kier alpha value is -2.49. The highest BCUT2D eigenvalue weighted by molar-refractivity contribution is 7.99. The number of aromatic nitrogens is 2. The number of aryl methyl sites for hydroxylation is 1. The van der Waals surface area contributed by atoms with Crippen LogP contribution in [0, 0.1) is 10.1 Å². The zero-order chi connectivity index (χ0) is 18.2. The van der Waals surface area contributed by atoms with Gasteiger partial charge in [-0.2, -0.15) is 13.2 Å². The zero-order valence-corrected chi connectivity index (χ0v) is 13.4. The largest absolute Gasteiger partial charge is 0.433 e. The number of rotatable bonds is 4. The highest BCUT2D eigenvalue weighted by Gasteiger charge is 2.38. The van der Waals surface area contributed by atoms with Crippen molar-refractivity contribution in [3.63, 3.8) is 0 Å². The smallest absolute Gasteiger partial charge is 0.298 e. The van der Waals surface area contributed by atoms with Crippen molar-refractivity contribution in [3.8, 4) is 0 Å². The number of fused-ring (bicyclic) bond motifs is 1. The van der Waals surface area contributed by atoms with Crippen molar-refractivity contribution in [2.24, 2.45) is 0 Å². The maximum Gasteiger partial charge on any atom is 0.433 e. The number of hydrogen-bond donors (Lipinski definition) is 0. The number of nitro benzene ring substituents is 1. The molecule has 0 bridgehead atoms. The second kappa shape index (κ2) is 6.43. The Balaban J connectivity index is 2.02. The van der Waals surface area contributed by atoms with Gasteiger partial charge in [-0.3, -0.25) is 14.9 Å². The molecule has 1 aliphatic rings. The van der Waals surface area contributed by atoms with Gasteiger partial charge in [0.1, 0.15) is 0 Å². The van der Waals surface area contributed by atoms with Crippen molar-refractivity contribution in [1.82, 2.24) is 9.97 Å². The molecular weight excluding hydrogens is 359 g/mol. The van der Waals surface area contributed by atoms with E-state index >= 15 is 0 Å². The fourth-order valence-electron chi connectivity index (χ4n) is 2.62. The predicted molar refractivity (Wildman–Crippen MR) is 81.7 cm³/mol. The minimum absolute atomic E-state index is 0.00291. The summed E-state index contributed by atoms with van der Waals surface area (Å²) in [7, 11) is 0. The fourth-order valence-corrected chi connectivity index (χ4v) is 3.47. The van der Waals surface area contributed by atoms with Crippen LogP contribution in [-0.2, 0) is 19.0 Å². The van der Waals surface area contributed by atoms with Gasteiger partial charge in [0, 0.05) is 33.8 Å². The Morgan fingerprint density at radius 1 is 1.24 bits per heavy atom. The van der Waals surface area contributed by atoms with Crippen LogP contribution in [0.15, 0.2) is 28.3 Å². The van der Waals surface area contributed by atoms with Gasteiger partial charge in [-0.05, 0) is 37.1 Å². The first-order valence-corrected chi connectivity index (χ1v) is 7.99. The summed E-state index contributed by atoms with van der Waals surface area (Å²) in [5.74, 6) is 0. The first-order valence-electron chi connectivity index (χ1n) is 7.18. The van der Waals surface area contributed by atoms with E-state index in [0.29, 0.717) is 24.8 Å². The normalized spacial score (nSPS) is 13.6. The standard InChI is InChI=1S/C15H10F3N3O3S/c16-15(17,18)13-10-2-1-3-11(10)19-14(20-13)25-12-5-4-9(21(23)24)6-8(12)7-22/h4-7H,1-3H2. The lowest BCUT2D eigenvalue weighted by atomic mass is 10.2. The van der Waals surface area contributed by atoms with Crippen LogP contribution in [0.3, 0.4) is 0 Å². The molecule has 0 aliphatic heterocycles. The second-order valence-electron chi connectivity index (χ2n) is 5.33. The van der Waals surface area contributed by atoms with E-state index in [0.717, 1.165) is 17.8 Å². The van der Waals surface area contributed by atoms with Crippen LogP contribution < -0.4 is 0 Å². The number of alkyl halides is 3. The third-order valence-electron chi connectivity index (χ3n) is 3.71. The lowest BCUT2D eigenvalue weighted by Crippen LogP contribution is -2.14. The summed E-state index contributed by atoms with van der Waals surface area (Å²) in [5, 5.41) is 10.6. The number of aldehydes is 1. The number of carbonyl (C=O) groups is 1. The molecule has 0 spiro atoms. The van der Waals surface area contributed by atoms with Gasteiger partial charge < -0.3 is 0 Å². The first-order chi connectivity index (χ1) is 11.8. The number of non-ortho nitro benzene ring substituents is 1. The van der Waals surface area contributed by atoms with Crippen molar-refractivity contribution in [3.05, 3.63) is 50.8 Å². The number of halogens is 3. The van der Waals surface area contributed by atoms with E-state index in [1.165, 1.54) is 12.1 Å². The molecule has 0 saturated carbocycles. The maximum atomic E-state index is 13.2. The molecule has 0 saturated heterocycles. The number of nitro groups is 1. The van der Waals surface area contributed by atoms with Crippen LogP contribution in [0.5, 0.6) is 0 Å². The molecule has 1 heterocycles. The second-order valence-corrected chi connectivity index (χ2v) is 6.34. The van der Waals surface area contributed by atoms with Crippen molar-refractivity contribution in [1.29, 1.82) is 0 Å². The van der Waals surface area contributed by atoms with Gasteiger partial charge in [-0.25, -0.2) is 9.97 Å². The van der Waals surface area contributed by atoms with Crippen LogP contribution in [0.1, 0.15) is 33.7 Å². The monoisotopic (exact) mass is 369 g/mol. The molecule has 2 aromatic rings. The summed E-state index contributed by atoms with van der Waals surface area (Å²) < 4.78 is 39.7. The molecule has 1 aromatic heterocycles. The van der Waals surface area contributed by atoms with Crippen molar-refractivity contribution < 1.29 is 22.9 Å². The van der Waals surface area contributed by atoms with Crippen LogP contribution in [0.4, 0.5) is 18.9 Å². The van der Waals surface area contributed by atoms with Gasteiger partial charge in [0.15, 0.2) is 17.1 Å². The molecule has 0 radical (unpaired) electrons. The topological polar surface area (TPSA) is 86.0 Å². The van der Waals surface area contributed by atoms with Crippen molar-refractivity contribution >= 4 is 23.7 Å². The summed E-state index contributed by atoms with van der Waals surface area (Å²) in [6.07, 6.45) is -2.87. The fraction of sp³-hybridized carbons (Fsp3) is 0.267. The Morgan fingerprint density at radius 2 is 2.00 bits per heavy atom. The quantitative estimate of drug-likeness (QED) is 0.352. The van der Waals surface area contributed by atoms with E-state index in [9.17, 15) is 28.1 Å². The molecule has 0 amide bonds. The summed E-state index contributed by atoms with van der Waals surface area (Å²) in [5.41, 5.74) is -0.753. The highest BCUT2D eigenvalue weighted by atomic mass is 32.2. The van der Waals surface area contributed by atoms with Crippen molar-refractivity contribution in [2.45, 2.75) is 35.5 Å². The van der Waals surface area contributed by atoms with Crippen molar-refractivity contribution in [2.75, 3.05) is 0 Å². The molecule has 0 unspecified atom stereocenters. The molecule has 25 heavy (non-hydrogen) atoms. The average molecular weight is 369 g/mol. The summed E-state index contributed by atoms with van der Waals surface area (Å²) >= 11 is 0.779. The predicted octanol–water partition coefficient (Wildman–Crippen LogP) is 3.86. The number of nitrogens with zero attached hydrogens (tertiary/aromatic N) is 3. The van der Waals surface area contributed by atoms with E-state index < -0.39 is 16.8 Å². The Bertz CT molecular complexity index is 871. The minimum atomic E-state index is -4.59. The number of carbonyl (C=O) groups excluding carboxylic acids is 1. The summed E-state index contributed by atoms with van der Waals surface area (Å²) in [4.78, 5) is 29.3. The average Bonchev–Trinajstić information content (AvgIpc) is 3.01. The van der Waals surface area contributed by atoms with E-state index in [-0.39, 0.29) is 33.3 Å². The van der Waals surface area contributed by atoms with E-state index in [1.54, 1.807) is 0 Å². The summed E-state index contributed by atoms with van der Waals surface area (Å²) in [6, 6.07) is 3.54. The van der Waals surface area contributed by atoms with Gasteiger partial charge in [-0.1, -0.05) is 0 Å². The third kappa shape index (κ3) is 3.48. The summed E-state index contributed by atoms with van der Waals surface area (Å²) in [6.45, 7) is 0. The van der Waals surface area contributed by atoms with Gasteiger partial charge in [0.05, 0.1) is 4.92 Å². The van der Waals surface area contributed by atoms with Crippen LogP contribution in [0.25, 0.3) is 0 Å². The molecule has 1 aliphatic carbocycles. The lowest BCUT2D eigenvalue weighted by Gasteiger charge is -2.12. The molecule has 3 rings (SSSR count). The molecule has 0 fully saturated rings. The molecule has 6 nitrogen and oxygen atoms in total. The Kier molecular flexibility index (Phi) is 4.46. The van der Waals surface area contributed by atoms with Crippen LogP contribution in [-0.4, -0.2) is 21.2 Å². The molecule has 1 aromatic carbocycles. The minimum Gasteiger partial charge on any atom is -0.298 e. The van der Waals surface area contributed by atoms with Gasteiger partial charge in [0.2, 0.25) is 0 Å². The van der Waals surface area contributed by atoms with Gasteiger partial charge >= 0.3 is 6.18 Å². The van der Waals surface area contributed by atoms with E-state index in [1.807, 2.05) is 0 Å². The number of benzene rings is 1. The highest BCUT2D eigenvalue weighted by Crippen LogP contribution is 2.38. The zero-order valence-electron chi connectivity index (χ0n) is 12.5. The van der Waals surface area contributed by atoms with E-state index in [2.05, 4.69) is 9.97 Å². The molecule has 130 valence electrons. The Labute approximate surface area is 143 Å². The SMILES string of the molecule is O=Cc1cc([N+](=O)[O-])ccc1Sc1nc2c(c(C(F)(F)F)n1)CCC2. The van der Waals surface area contributed by atoms with E-state index in [4.69, 9.17) is 0 Å². The van der Waals surface area contributed by atoms with Gasteiger partial charge in [0.25, 0.3) is 5.69 Å². The number of hydrogen-bond acceptors (Lipinski definition) is 6. The molecule has 0 N–H and O–H groups in total. The lowest BCUT2D eigenvalue weighted by molar-refractivity contribution is -0.384. The molecular formula is C15H10F3N3O3S. The third-order valence-corrected chi connectivity index (χ3v) is 4.67. The first kappa shape index (κ1) is 17.3.